The smallest absolute Gasteiger partial charge is 0.233 e. The number of rotatable bonds is 6. The molecule has 7 nitrogen and oxygen atoms in total. The first-order chi connectivity index (χ1) is 13.6. The Morgan fingerprint density at radius 3 is 2.46 bits per heavy atom. The van der Waals surface area contributed by atoms with Crippen molar-refractivity contribution in [2.45, 2.75) is 13.0 Å². The summed E-state index contributed by atoms with van der Waals surface area (Å²) in [4.78, 5) is 31.0. The average molecular weight is 382 g/mol. The van der Waals surface area contributed by atoms with E-state index in [1.165, 1.54) is 4.90 Å². The molecule has 1 aromatic rings. The Labute approximate surface area is 164 Å². The van der Waals surface area contributed by atoms with Gasteiger partial charge in [-0.15, -0.1) is 0 Å². The van der Waals surface area contributed by atoms with Crippen molar-refractivity contribution >= 4 is 17.8 Å². The minimum atomic E-state index is -0.134. The fraction of sp³-hybridized carbons (Fsp3) is 0.476. The third-order valence-corrected chi connectivity index (χ3v) is 6.05. The van der Waals surface area contributed by atoms with Gasteiger partial charge in [0.2, 0.25) is 11.8 Å². The van der Waals surface area contributed by atoms with Gasteiger partial charge in [0.25, 0.3) is 0 Å². The van der Waals surface area contributed by atoms with Crippen molar-refractivity contribution in [3.63, 3.8) is 0 Å². The Morgan fingerprint density at radius 1 is 1.14 bits per heavy atom. The lowest BCUT2D eigenvalue weighted by Gasteiger charge is -2.19. The maximum atomic E-state index is 12.7. The van der Waals surface area contributed by atoms with E-state index in [0.29, 0.717) is 25.6 Å². The molecule has 4 rings (SSSR count). The van der Waals surface area contributed by atoms with Gasteiger partial charge in [-0.1, -0.05) is 30.4 Å². The number of imide groups is 1. The van der Waals surface area contributed by atoms with Crippen LogP contribution in [0.1, 0.15) is 12.0 Å². The van der Waals surface area contributed by atoms with Crippen LogP contribution in [0.15, 0.2) is 41.4 Å². The van der Waals surface area contributed by atoms with Crippen LogP contribution in [0.25, 0.3) is 0 Å². The van der Waals surface area contributed by atoms with Crippen LogP contribution in [0.4, 0.5) is 0 Å². The van der Waals surface area contributed by atoms with Gasteiger partial charge in [0.15, 0.2) is 5.96 Å². The number of methoxy groups -OCH3 is 1. The van der Waals surface area contributed by atoms with Crippen LogP contribution in [0, 0.1) is 23.7 Å². The van der Waals surface area contributed by atoms with E-state index in [1.807, 2.05) is 24.3 Å². The maximum absolute atomic E-state index is 12.7. The normalized spacial score (nSPS) is 28.1. The molecule has 4 unspecified atom stereocenters. The zero-order chi connectivity index (χ0) is 19.7. The molecule has 28 heavy (non-hydrogen) atoms. The summed E-state index contributed by atoms with van der Waals surface area (Å²) in [6.45, 7) is 1.38. The summed E-state index contributed by atoms with van der Waals surface area (Å²) < 4.78 is 5.36. The Hall–Kier alpha value is -2.83. The van der Waals surface area contributed by atoms with Crippen molar-refractivity contribution in [1.82, 2.24) is 15.5 Å². The van der Waals surface area contributed by atoms with Gasteiger partial charge in [-0.25, -0.2) is 0 Å². The highest BCUT2D eigenvalue weighted by molar-refractivity contribution is 6.06. The molecule has 1 aliphatic heterocycles. The number of ether oxygens (including phenoxy) is 1. The number of fused-ring (bicyclic) bond motifs is 5. The number of benzene rings is 1. The van der Waals surface area contributed by atoms with Crippen LogP contribution in [0.3, 0.4) is 0 Å². The molecule has 0 aromatic heterocycles. The lowest BCUT2D eigenvalue weighted by atomic mass is 9.85. The van der Waals surface area contributed by atoms with E-state index in [0.717, 1.165) is 17.7 Å². The number of amides is 2. The van der Waals surface area contributed by atoms with Gasteiger partial charge in [0, 0.05) is 32.2 Å². The molecule has 2 bridgehead atoms. The van der Waals surface area contributed by atoms with Crippen LogP contribution in [-0.4, -0.2) is 49.9 Å². The minimum absolute atomic E-state index is 0.00869. The van der Waals surface area contributed by atoms with Gasteiger partial charge in [-0.3, -0.25) is 19.5 Å². The molecule has 0 radical (unpaired) electrons. The van der Waals surface area contributed by atoms with Crippen molar-refractivity contribution in [1.29, 1.82) is 0 Å². The first kappa shape index (κ1) is 18.5. The topological polar surface area (TPSA) is 83.0 Å². The number of carbonyl (C=O) groups excluding carboxylic acids is 2. The van der Waals surface area contributed by atoms with Crippen molar-refractivity contribution in [3.8, 4) is 5.75 Å². The lowest BCUT2D eigenvalue weighted by Crippen LogP contribution is -2.43. The molecule has 3 aliphatic rings. The van der Waals surface area contributed by atoms with E-state index >= 15 is 0 Å². The van der Waals surface area contributed by atoms with Crippen LogP contribution < -0.4 is 15.4 Å². The maximum Gasteiger partial charge on any atom is 0.233 e. The number of para-hydroxylation sites is 1. The van der Waals surface area contributed by atoms with Gasteiger partial charge < -0.3 is 15.4 Å². The Balaban J connectivity index is 1.28. The number of aliphatic imine (C=N–C) groups is 1. The Morgan fingerprint density at radius 2 is 1.82 bits per heavy atom. The molecule has 2 amide bonds. The minimum Gasteiger partial charge on any atom is -0.496 e. The van der Waals surface area contributed by atoms with Gasteiger partial charge >= 0.3 is 0 Å². The van der Waals surface area contributed by atoms with E-state index < -0.39 is 0 Å². The van der Waals surface area contributed by atoms with Crippen molar-refractivity contribution in [2.75, 3.05) is 27.2 Å². The number of allylic oxidation sites excluding steroid dienone is 2. The second kappa shape index (κ2) is 7.66. The van der Waals surface area contributed by atoms with Gasteiger partial charge in [-0.05, 0) is 24.3 Å². The van der Waals surface area contributed by atoms with Crippen LogP contribution in [0.5, 0.6) is 5.75 Å². The quantitative estimate of drug-likeness (QED) is 0.334. The van der Waals surface area contributed by atoms with E-state index in [9.17, 15) is 9.59 Å². The highest BCUT2D eigenvalue weighted by atomic mass is 16.5. The first-order valence-electron chi connectivity index (χ1n) is 9.74. The zero-order valence-electron chi connectivity index (χ0n) is 16.2. The molecule has 0 spiro atoms. The van der Waals surface area contributed by atoms with Crippen molar-refractivity contribution in [3.05, 3.63) is 42.0 Å². The second-order valence-electron chi connectivity index (χ2n) is 7.49. The van der Waals surface area contributed by atoms with E-state index in [2.05, 4.69) is 27.8 Å². The van der Waals surface area contributed by atoms with Crippen LogP contribution >= 0.6 is 0 Å². The predicted molar refractivity (Wildman–Crippen MR) is 106 cm³/mol. The third kappa shape index (κ3) is 3.15. The number of hydrogen-bond donors (Lipinski definition) is 2. The molecule has 1 saturated carbocycles. The van der Waals surface area contributed by atoms with Crippen molar-refractivity contribution in [2.24, 2.45) is 28.7 Å². The highest BCUT2D eigenvalue weighted by Crippen LogP contribution is 2.52. The number of likely N-dealkylation sites (tertiary alicyclic amines) is 1. The number of nitrogens with one attached hydrogen (secondary N) is 2. The summed E-state index contributed by atoms with van der Waals surface area (Å²) in [5.41, 5.74) is 1.02. The van der Waals surface area contributed by atoms with E-state index in [-0.39, 0.29) is 35.5 Å². The SMILES string of the molecule is CN=C(NCCN1C(=O)C2C3C=CC(C3)C2C1=O)NCc1ccccc1OC. The molecule has 2 N–H and O–H groups in total. The number of carbonyl (C=O) groups is 2. The van der Waals surface area contributed by atoms with Gasteiger partial charge in [-0.2, -0.15) is 0 Å². The standard InChI is InChI=1S/C21H26N4O3/c1-22-21(24-12-15-5-3-4-6-16(15)28-2)23-9-10-25-19(26)17-13-7-8-14(11-13)18(17)20(25)27/h3-8,13-14,17-18H,9-12H2,1-2H3,(H2,22,23,24). The molecular formula is C21H26N4O3. The highest BCUT2D eigenvalue weighted by Gasteiger charge is 2.58. The van der Waals surface area contributed by atoms with E-state index in [4.69, 9.17) is 4.74 Å². The molecule has 1 saturated heterocycles. The largest absolute Gasteiger partial charge is 0.496 e. The molecule has 2 aliphatic carbocycles. The Kier molecular flexibility index (Phi) is 5.07. The fourth-order valence-corrected chi connectivity index (χ4v) is 4.72. The molecule has 1 heterocycles. The number of hydrogen-bond acceptors (Lipinski definition) is 4. The molecule has 2 fully saturated rings. The molecule has 4 atom stereocenters. The molecule has 1 aromatic carbocycles. The molecule has 7 heteroatoms. The van der Waals surface area contributed by atoms with Crippen LogP contribution in [-0.2, 0) is 16.1 Å². The summed E-state index contributed by atoms with van der Waals surface area (Å²) >= 11 is 0. The van der Waals surface area contributed by atoms with E-state index in [1.54, 1.807) is 14.2 Å². The average Bonchev–Trinajstić information content (AvgIpc) is 3.40. The summed E-state index contributed by atoms with van der Waals surface area (Å²) in [5.74, 6) is 1.65. The monoisotopic (exact) mass is 382 g/mol. The molecular weight excluding hydrogens is 356 g/mol. The third-order valence-electron chi connectivity index (χ3n) is 6.05. The second-order valence-corrected chi connectivity index (χ2v) is 7.49. The predicted octanol–water partition coefficient (Wildman–Crippen LogP) is 1.17. The molecule has 148 valence electrons. The number of nitrogens with zero attached hydrogens (tertiary/aromatic N) is 2. The fourth-order valence-electron chi connectivity index (χ4n) is 4.72. The van der Waals surface area contributed by atoms with Gasteiger partial charge in [0.05, 0.1) is 18.9 Å². The van der Waals surface area contributed by atoms with Gasteiger partial charge in [0.1, 0.15) is 5.75 Å². The summed E-state index contributed by atoms with van der Waals surface area (Å²) in [6, 6.07) is 7.79. The first-order valence-corrected chi connectivity index (χ1v) is 9.74. The zero-order valence-corrected chi connectivity index (χ0v) is 16.2. The Bertz CT molecular complexity index is 805. The number of guanidine groups is 1. The summed E-state index contributed by atoms with van der Waals surface area (Å²) in [7, 11) is 3.34. The van der Waals surface area contributed by atoms with Crippen LogP contribution in [0.2, 0.25) is 0 Å². The summed E-state index contributed by atoms with van der Waals surface area (Å²) in [6.07, 6.45) is 5.18. The summed E-state index contributed by atoms with van der Waals surface area (Å²) in [5, 5.41) is 6.42. The van der Waals surface area contributed by atoms with Crippen molar-refractivity contribution < 1.29 is 14.3 Å². The lowest BCUT2D eigenvalue weighted by molar-refractivity contribution is -0.140.